The molecule has 0 bridgehead atoms. The standard InChI is InChI=1S/C19H18BrN3O2/c1-23-19(16(20)12-21-23)14-7-5-8-15(10-14)22-18(24)11-13-6-3-4-9-17(13)25-2/h3-10,12H,11H2,1-2H3,(H,22,24). The van der Waals surface area contributed by atoms with Crippen molar-refractivity contribution in [3.05, 3.63) is 64.8 Å². The molecule has 0 aliphatic rings. The van der Waals surface area contributed by atoms with Gasteiger partial charge in [0.2, 0.25) is 5.91 Å². The zero-order chi connectivity index (χ0) is 17.8. The number of anilines is 1. The Morgan fingerprint density at radius 2 is 2.04 bits per heavy atom. The summed E-state index contributed by atoms with van der Waals surface area (Å²) < 4.78 is 8.00. The van der Waals surface area contributed by atoms with Crippen LogP contribution in [-0.2, 0) is 18.3 Å². The Balaban J connectivity index is 1.77. The molecule has 0 saturated carbocycles. The van der Waals surface area contributed by atoms with Gasteiger partial charge >= 0.3 is 0 Å². The summed E-state index contributed by atoms with van der Waals surface area (Å²) in [5.41, 5.74) is 3.53. The second kappa shape index (κ2) is 7.53. The highest BCUT2D eigenvalue weighted by Gasteiger charge is 2.11. The van der Waals surface area contributed by atoms with Gasteiger partial charge in [-0.3, -0.25) is 9.48 Å². The molecule has 0 saturated heterocycles. The molecule has 1 aromatic heterocycles. The summed E-state index contributed by atoms with van der Waals surface area (Å²) in [6, 6.07) is 15.2. The van der Waals surface area contributed by atoms with Crippen molar-refractivity contribution in [1.29, 1.82) is 0 Å². The van der Waals surface area contributed by atoms with E-state index < -0.39 is 0 Å². The summed E-state index contributed by atoms with van der Waals surface area (Å²) in [5, 5.41) is 7.17. The molecule has 0 fully saturated rings. The molecule has 0 spiro atoms. The van der Waals surface area contributed by atoms with Gasteiger partial charge in [-0.2, -0.15) is 5.10 Å². The topological polar surface area (TPSA) is 56.1 Å². The van der Waals surface area contributed by atoms with Crippen LogP contribution in [0.25, 0.3) is 11.3 Å². The SMILES string of the molecule is COc1ccccc1CC(=O)Nc1cccc(-c2c(Br)cnn2C)c1. The molecule has 0 unspecified atom stereocenters. The Morgan fingerprint density at radius 1 is 1.24 bits per heavy atom. The Bertz CT molecular complexity index is 886. The fourth-order valence-corrected chi connectivity index (χ4v) is 3.28. The number of para-hydroxylation sites is 1. The quantitative estimate of drug-likeness (QED) is 0.704. The summed E-state index contributed by atoms with van der Waals surface area (Å²) >= 11 is 3.50. The van der Waals surface area contributed by atoms with Crippen LogP contribution in [0.2, 0.25) is 0 Å². The third-order valence-electron chi connectivity index (χ3n) is 3.86. The third kappa shape index (κ3) is 3.91. The second-order valence-electron chi connectivity index (χ2n) is 5.58. The van der Waals surface area contributed by atoms with E-state index in [4.69, 9.17) is 4.74 Å². The van der Waals surface area contributed by atoms with Crippen molar-refractivity contribution in [3.8, 4) is 17.0 Å². The summed E-state index contributed by atoms with van der Waals surface area (Å²) in [7, 11) is 3.49. The molecule has 1 amide bonds. The molecular weight excluding hydrogens is 382 g/mol. The average Bonchev–Trinajstić information content (AvgIpc) is 2.94. The number of nitrogens with one attached hydrogen (secondary N) is 1. The van der Waals surface area contributed by atoms with Gasteiger partial charge in [-0.25, -0.2) is 0 Å². The van der Waals surface area contributed by atoms with Crippen LogP contribution in [-0.4, -0.2) is 22.8 Å². The van der Waals surface area contributed by atoms with Gasteiger partial charge in [0.15, 0.2) is 0 Å². The van der Waals surface area contributed by atoms with Crippen molar-refractivity contribution in [1.82, 2.24) is 9.78 Å². The van der Waals surface area contributed by atoms with E-state index in [1.807, 2.05) is 55.6 Å². The molecule has 1 heterocycles. The molecular formula is C19H18BrN3O2. The molecule has 25 heavy (non-hydrogen) atoms. The van der Waals surface area contributed by atoms with Crippen LogP contribution in [0.3, 0.4) is 0 Å². The van der Waals surface area contributed by atoms with E-state index in [9.17, 15) is 4.79 Å². The monoisotopic (exact) mass is 399 g/mol. The molecule has 0 radical (unpaired) electrons. The van der Waals surface area contributed by atoms with Crippen LogP contribution >= 0.6 is 15.9 Å². The summed E-state index contributed by atoms with van der Waals surface area (Å²) in [6.07, 6.45) is 2.01. The van der Waals surface area contributed by atoms with Crippen molar-refractivity contribution < 1.29 is 9.53 Å². The van der Waals surface area contributed by atoms with Gasteiger partial charge in [-0.1, -0.05) is 30.3 Å². The number of hydrogen-bond acceptors (Lipinski definition) is 3. The number of carbonyl (C=O) groups is 1. The smallest absolute Gasteiger partial charge is 0.228 e. The number of nitrogens with zero attached hydrogens (tertiary/aromatic N) is 2. The lowest BCUT2D eigenvalue weighted by Gasteiger charge is -2.10. The molecule has 2 aromatic carbocycles. The van der Waals surface area contributed by atoms with E-state index >= 15 is 0 Å². The van der Waals surface area contributed by atoms with Crippen molar-refractivity contribution >= 4 is 27.5 Å². The normalized spacial score (nSPS) is 10.5. The first-order valence-corrected chi connectivity index (χ1v) is 8.57. The lowest BCUT2D eigenvalue weighted by Crippen LogP contribution is -2.15. The van der Waals surface area contributed by atoms with E-state index in [0.29, 0.717) is 5.75 Å². The Morgan fingerprint density at radius 3 is 2.76 bits per heavy atom. The Kier molecular flexibility index (Phi) is 5.19. The number of benzene rings is 2. The Labute approximate surface area is 154 Å². The summed E-state index contributed by atoms with van der Waals surface area (Å²) in [6.45, 7) is 0. The van der Waals surface area contributed by atoms with E-state index in [1.54, 1.807) is 18.0 Å². The van der Waals surface area contributed by atoms with Crippen LogP contribution in [0.4, 0.5) is 5.69 Å². The fraction of sp³-hybridized carbons (Fsp3) is 0.158. The number of carbonyl (C=O) groups excluding carboxylic acids is 1. The maximum absolute atomic E-state index is 12.4. The lowest BCUT2D eigenvalue weighted by atomic mass is 10.1. The third-order valence-corrected chi connectivity index (χ3v) is 4.44. The van der Waals surface area contributed by atoms with Gasteiger partial charge in [0.1, 0.15) is 5.75 Å². The molecule has 0 aliphatic carbocycles. The highest BCUT2D eigenvalue weighted by Crippen LogP contribution is 2.29. The van der Waals surface area contributed by atoms with E-state index in [2.05, 4.69) is 26.3 Å². The number of amides is 1. The molecule has 5 nitrogen and oxygen atoms in total. The molecule has 128 valence electrons. The minimum atomic E-state index is -0.0919. The van der Waals surface area contributed by atoms with Gasteiger partial charge < -0.3 is 10.1 Å². The highest BCUT2D eigenvalue weighted by molar-refractivity contribution is 9.10. The highest BCUT2D eigenvalue weighted by atomic mass is 79.9. The number of rotatable bonds is 5. The predicted molar refractivity (Wildman–Crippen MR) is 102 cm³/mol. The first-order chi connectivity index (χ1) is 12.1. The summed E-state index contributed by atoms with van der Waals surface area (Å²) in [5.74, 6) is 0.621. The van der Waals surface area contributed by atoms with Crippen LogP contribution in [0.5, 0.6) is 5.75 Å². The maximum atomic E-state index is 12.4. The van der Waals surface area contributed by atoms with Crippen molar-refractivity contribution in [2.45, 2.75) is 6.42 Å². The number of hydrogen-bond donors (Lipinski definition) is 1. The minimum absolute atomic E-state index is 0.0919. The molecule has 0 atom stereocenters. The molecule has 3 rings (SSSR count). The molecule has 6 heteroatoms. The van der Waals surface area contributed by atoms with Crippen LogP contribution in [0.15, 0.2) is 59.2 Å². The minimum Gasteiger partial charge on any atom is -0.496 e. The van der Waals surface area contributed by atoms with E-state index in [1.165, 1.54) is 0 Å². The molecule has 1 N–H and O–H groups in total. The molecule has 0 aliphatic heterocycles. The molecule has 3 aromatic rings. The zero-order valence-corrected chi connectivity index (χ0v) is 15.6. The van der Waals surface area contributed by atoms with Crippen LogP contribution in [0.1, 0.15) is 5.56 Å². The van der Waals surface area contributed by atoms with Gasteiger partial charge in [0, 0.05) is 23.9 Å². The number of ether oxygens (including phenoxy) is 1. The first kappa shape index (κ1) is 17.2. The largest absolute Gasteiger partial charge is 0.496 e. The number of aromatic nitrogens is 2. The van der Waals surface area contributed by atoms with Crippen LogP contribution < -0.4 is 10.1 Å². The first-order valence-electron chi connectivity index (χ1n) is 7.78. The zero-order valence-electron chi connectivity index (χ0n) is 14.0. The summed E-state index contributed by atoms with van der Waals surface area (Å²) in [4.78, 5) is 12.4. The Hall–Kier alpha value is -2.60. The average molecular weight is 400 g/mol. The van der Waals surface area contributed by atoms with Gasteiger partial charge in [0.05, 0.1) is 29.9 Å². The van der Waals surface area contributed by atoms with Crippen molar-refractivity contribution in [2.75, 3.05) is 12.4 Å². The predicted octanol–water partition coefficient (Wildman–Crippen LogP) is 4.04. The number of aryl methyl sites for hydroxylation is 1. The second-order valence-corrected chi connectivity index (χ2v) is 6.44. The number of halogens is 1. The van der Waals surface area contributed by atoms with E-state index in [0.717, 1.165) is 27.0 Å². The van der Waals surface area contributed by atoms with Crippen molar-refractivity contribution in [3.63, 3.8) is 0 Å². The van der Waals surface area contributed by atoms with Gasteiger partial charge in [-0.05, 0) is 34.1 Å². The van der Waals surface area contributed by atoms with E-state index in [-0.39, 0.29) is 12.3 Å². The maximum Gasteiger partial charge on any atom is 0.228 e. The van der Waals surface area contributed by atoms with Gasteiger partial charge in [0.25, 0.3) is 0 Å². The lowest BCUT2D eigenvalue weighted by molar-refractivity contribution is -0.115. The number of methoxy groups -OCH3 is 1. The van der Waals surface area contributed by atoms with Crippen molar-refractivity contribution in [2.24, 2.45) is 7.05 Å². The van der Waals surface area contributed by atoms with Crippen LogP contribution in [0, 0.1) is 0 Å². The van der Waals surface area contributed by atoms with Gasteiger partial charge in [-0.15, -0.1) is 0 Å². The fourth-order valence-electron chi connectivity index (χ4n) is 2.71.